The smallest absolute Gasteiger partial charge is 0.382 e. The molecule has 0 radical (unpaired) electrons. The second-order valence-corrected chi connectivity index (χ2v) is 12.1. The lowest BCUT2D eigenvalue weighted by atomic mass is 10.2. The number of aliphatic hydroxyl groups excluding tert-OH is 1. The van der Waals surface area contributed by atoms with Gasteiger partial charge in [-0.3, -0.25) is 9.36 Å². The predicted octanol–water partition coefficient (Wildman–Crippen LogP) is 1.18. The number of carbonyl (C=O) groups is 1. The van der Waals surface area contributed by atoms with E-state index in [0.29, 0.717) is 9.59 Å². The number of pyridine rings is 1. The molecule has 1 fully saturated rings. The Morgan fingerprint density at radius 3 is 2.43 bits per heavy atom. The van der Waals surface area contributed by atoms with Gasteiger partial charge in [-0.2, -0.15) is 13.2 Å². The zero-order valence-electron chi connectivity index (χ0n) is 21.5. The van der Waals surface area contributed by atoms with Crippen molar-refractivity contribution in [2.75, 3.05) is 24.6 Å². The topological polar surface area (TPSA) is 158 Å². The van der Waals surface area contributed by atoms with Gasteiger partial charge in [0, 0.05) is 29.9 Å². The highest BCUT2D eigenvalue weighted by Crippen LogP contribution is 2.24. The molecular weight excluding hydrogens is 605 g/mol. The molecule has 0 aliphatic carbocycles. The third kappa shape index (κ3) is 6.22. The van der Waals surface area contributed by atoms with E-state index in [2.05, 4.69) is 20.2 Å². The van der Waals surface area contributed by atoms with Gasteiger partial charge in [0.25, 0.3) is 5.91 Å². The fourth-order valence-electron chi connectivity index (χ4n) is 4.23. The summed E-state index contributed by atoms with van der Waals surface area (Å²) in [7, 11) is -3.21. The number of hydrogen-bond donors (Lipinski definition) is 1. The average Bonchev–Trinajstić information content (AvgIpc) is 3.53. The summed E-state index contributed by atoms with van der Waals surface area (Å²) in [5, 5.41) is 18.5. The number of nitrogens with zero attached hydrogens (tertiary/aromatic N) is 8. The Kier molecular flexibility index (Phi) is 7.91. The van der Waals surface area contributed by atoms with Crippen LogP contribution in [-0.2, 0) is 22.9 Å². The highest BCUT2D eigenvalue weighted by molar-refractivity contribution is 7.91. The minimum absolute atomic E-state index is 0.000792. The normalized spacial score (nSPS) is 16.0. The molecule has 1 N–H and O–H groups in total. The lowest BCUT2D eigenvalue weighted by Crippen LogP contribution is -2.44. The average molecular weight is 627 g/mol. The maximum absolute atomic E-state index is 13.1. The molecule has 0 unspecified atom stereocenters. The predicted molar refractivity (Wildman–Crippen MR) is 142 cm³/mol. The van der Waals surface area contributed by atoms with Crippen molar-refractivity contribution >= 4 is 27.3 Å². The molecule has 222 valence electrons. The molecule has 0 spiro atoms. The van der Waals surface area contributed by atoms with Gasteiger partial charge >= 0.3 is 11.9 Å². The number of rotatable bonds is 7. The number of benzene rings is 1. The molecule has 1 atom stereocenters. The minimum Gasteiger partial charge on any atom is -0.382 e. The van der Waals surface area contributed by atoms with E-state index in [-0.39, 0.29) is 59.7 Å². The highest BCUT2D eigenvalue weighted by atomic mass is 35.5. The van der Waals surface area contributed by atoms with Crippen LogP contribution in [0.5, 0.6) is 0 Å². The Morgan fingerprint density at radius 1 is 1.07 bits per heavy atom. The van der Waals surface area contributed by atoms with Crippen LogP contribution < -0.4 is 5.69 Å². The molecule has 18 heteroatoms. The van der Waals surface area contributed by atoms with Crippen molar-refractivity contribution in [1.82, 2.24) is 39.0 Å². The van der Waals surface area contributed by atoms with E-state index in [1.54, 1.807) is 12.1 Å². The van der Waals surface area contributed by atoms with Gasteiger partial charge in [0.05, 0.1) is 23.7 Å². The van der Waals surface area contributed by atoms with Crippen molar-refractivity contribution in [2.24, 2.45) is 0 Å². The Hall–Kier alpha value is -4.09. The molecule has 1 aliphatic rings. The van der Waals surface area contributed by atoms with Crippen LogP contribution in [0.2, 0.25) is 5.02 Å². The standard InChI is InChI=1S/C24H22ClF3N8O5S/c25-16-5-3-15(4-6-16)21-32-35(23(39)34(21)12-18(37)24(26,27)28)13-19-30-14-36(31-19)17-2-1-7-29-20(17)22(38)33-8-10-42(40,41)11-9-33/h1-7,14,18,37H,8-13H2/t18-/m0/s1. The first-order chi connectivity index (χ1) is 19.8. The second-order valence-electron chi connectivity index (χ2n) is 9.36. The first kappa shape index (κ1) is 29.4. The van der Waals surface area contributed by atoms with Crippen LogP contribution in [0.15, 0.2) is 53.7 Å². The number of halogens is 4. The molecule has 1 aliphatic heterocycles. The van der Waals surface area contributed by atoms with Crippen molar-refractivity contribution in [1.29, 1.82) is 0 Å². The zero-order chi connectivity index (χ0) is 30.2. The van der Waals surface area contributed by atoms with Gasteiger partial charge in [-0.05, 0) is 36.4 Å². The molecule has 0 saturated carbocycles. The largest absolute Gasteiger partial charge is 0.416 e. The molecule has 4 heterocycles. The fourth-order valence-corrected chi connectivity index (χ4v) is 5.56. The Balaban J connectivity index is 1.44. The maximum atomic E-state index is 13.1. The zero-order valence-corrected chi connectivity index (χ0v) is 23.1. The number of sulfone groups is 1. The molecule has 1 saturated heterocycles. The summed E-state index contributed by atoms with van der Waals surface area (Å²) < 4.78 is 65.7. The summed E-state index contributed by atoms with van der Waals surface area (Å²) in [6.45, 7) is -1.41. The van der Waals surface area contributed by atoms with E-state index in [0.717, 1.165) is 4.68 Å². The van der Waals surface area contributed by atoms with Gasteiger partial charge in [0.15, 0.2) is 33.3 Å². The number of carbonyl (C=O) groups excluding carboxylic acids is 1. The molecule has 5 rings (SSSR count). The summed E-state index contributed by atoms with van der Waals surface area (Å²) in [6.07, 6.45) is -5.13. The summed E-state index contributed by atoms with van der Waals surface area (Å²) >= 11 is 5.91. The van der Waals surface area contributed by atoms with Gasteiger partial charge in [0.2, 0.25) is 0 Å². The first-order valence-corrected chi connectivity index (χ1v) is 14.6. The molecule has 0 bridgehead atoms. The van der Waals surface area contributed by atoms with Crippen molar-refractivity contribution < 1.29 is 31.5 Å². The van der Waals surface area contributed by atoms with Crippen LogP contribution >= 0.6 is 11.6 Å². The van der Waals surface area contributed by atoms with Crippen molar-refractivity contribution in [3.63, 3.8) is 0 Å². The monoisotopic (exact) mass is 626 g/mol. The molecule has 42 heavy (non-hydrogen) atoms. The fraction of sp³-hybridized carbons (Fsp3) is 0.333. The Labute approximate surface area is 240 Å². The number of amides is 1. The molecule has 3 aromatic heterocycles. The number of alkyl halides is 3. The SMILES string of the molecule is O=C(c1ncccc1-n1cnc(Cn2nc(-c3ccc(Cl)cc3)n(C[C@H](O)C(F)(F)F)c2=O)n1)N1CCS(=O)(=O)CC1. The molecule has 4 aromatic rings. The molecular formula is C24H22ClF3N8O5S. The quantitative estimate of drug-likeness (QED) is 0.318. The van der Waals surface area contributed by atoms with E-state index in [1.807, 2.05) is 0 Å². The Bertz CT molecular complexity index is 1770. The minimum atomic E-state index is -4.97. The number of aromatic nitrogens is 7. The maximum Gasteiger partial charge on any atom is 0.416 e. The van der Waals surface area contributed by atoms with Crippen molar-refractivity contribution in [3.8, 4) is 17.1 Å². The van der Waals surface area contributed by atoms with E-state index in [9.17, 15) is 36.3 Å². The highest BCUT2D eigenvalue weighted by Gasteiger charge is 2.39. The lowest BCUT2D eigenvalue weighted by Gasteiger charge is -2.26. The van der Waals surface area contributed by atoms with Crippen LogP contribution in [0.3, 0.4) is 0 Å². The van der Waals surface area contributed by atoms with Crippen molar-refractivity contribution in [3.05, 3.63) is 75.9 Å². The number of hydrogen-bond acceptors (Lipinski definition) is 9. The summed E-state index contributed by atoms with van der Waals surface area (Å²) in [4.78, 5) is 36.0. The van der Waals surface area contributed by atoms with Crippen LogP contribution in [0.4, 0.5) is 13.2 Å². The number of aliphatic hydroxyl groups is 1. The van der Waals surface area contributed by atoms with Crippen LogP contribution in [0.1, 0.15) is 16.3 Å². The summed E-state index contributed by atoms with van der Waals surface area (Å²) in [6, 6.07) is 9.00. The van der Waals surface area contributed by atoms with E-state index in [4.69, 9.17) is 11.6 Å². The Morgan fingerprint density at radius 2 is 1.76 bits per heavy atom. The van der Waals surface area contributed by atoms with Gasteiger partial charge in [-0.1, -0.05) is 11.6 Å². The van der Waals surface area contributed by atoms with Crippen LogP contribution in [0, 0.1) is 0 Å². The summed E-state index contributed by atoms with van der Waals surface area (Å²) in [5.74, 6) is -0.916. The van der Waals surface area contributed by atoms with Gasteiger partial charge in [-0.15, -0.1) is 10.2 Å². The van der Waals surface area contributed by atoms with E-state index in [1.165, 1.54) is 46.4 Å². The van der Waals surface area contributed by atoms with E-state index >= 15 is 0 Å². The van der Waals surface area contributed by atoms with E-state index < -0.39 is 40.3 Å². The summed E-state index contributed by atoms with van der Waals surface area (Å²) in [5.41, 5.74) is -0.424. The third-order valence-electron chi connectivity index (χ3n) is 6.46. The molecule has 1 amide bonds. The molecule has 13 nitrogen and oxygen atoms in total. The first-order valence-electron chi connectivity index (χ1n) is 12.4. The second kappa shape index (κ2) is 11.3. The van der Waals surface area contributed by atoms with Crippen LogP contribution in [-0.4, -0.2) is 95.3 Å². The van der Waals surface area contributed by atoms with Crippen LogP contribution in [0.25, 0.3) is 17.1 Å². The third-order valence-corrected chi connectivity index (χ3v) is 8.32. The molecule has 1 aromatic carbocycles. The van der Waals surface area contributed by atoms with Gasteiger partial charge in [0.1, 0.15) is 12.9 Å². The van der Waals surface area contributed by atoms with Gasteiger partial charge < -0.3 is 10.0 Å². The lowest BCUT2D eigenvalue weighted by molar-refractivity contribution is -0.207. The van der Waals surface area contributed by atoms with Gasteiger partial charge in [-0.25, -0.2) is 32.5 Å². The van der Waals surface area contributed by atoms with Crippen molar-refractivity contribution in [2.45, 2.75) is 25.4 Å².